The fourth-order valence-corrected chi connectivity index (χ4v) is 2.87. The molecule has 0 heterocycles. The number of carbonyl (C=O) groups is 1. The van der Waals surface area contributed by atoms with Gasteiger partial charge in [-0.05, 0) is 35.9 Å². The summed E-state index contributed by atoms with van der Waals surface area (Å²) in [6.45, 7) is 0. The van der Waals surface area contributed by atoms with Crippen LogP contribution < -0.4 is 10.2 Å². The van der Waals surface area contributed by atoms with E-state index in [0.29, 0.717) is 5.56 Å². The number of hydroxylamine groups is 1. The molecule has 0 spiro atoms. The normalized spacial score (nSPS) is 11.5. The quantitative estimate of drug-likeness (QED) is 0.436. The summed E-state index contributed by atoms with van der Waals surface area (Å²) in [6, 6.07) is 8.16. The van der Waals surface area contributed by atoms with Crippen LogP contribution in [0.2, 0.25) is 0 Å². The van der Waals surface area contributed by atoms with Gasteiger partial charge < -0.3 is 0 Å². The van der Waals surface area contributed by atoms with Gasteiger partial charge in [0.2, 0.25) is 0 Å². The maximum Gasteiger partial charge on any atom is 0.267 e. The Balaban J connectivity index is 2.27. The van der Waals surface area contributed by atoms with Crippen molar-refractivity contribution in [3.63, 3.8) is 0 Å². The zero-order chi connectivity index (χ0) is 17.7. The molecule has 6 nitrogen and oxygen atoms in total. The first kappa shape index (κ1) is 17.6. The van der Waals surface area contributed by atoms with Crippen molar-refractivity contribution >= 4 is 27.7 Å². The Morgan fingerprint density at radius 2 is 1.83 bits per heavy atom. The molecular weight excluding hydrogens is 342 g/mol. The monoisotopic (exact) mass is 354 g/mol. The van der Waals surface area contributed by atoms with Crippen LogP contribution in [0.3, 0.4) is 0 Å². The van der Waals surface area contributed by atoms with Crippen LogP contribution in [-0.4, -0.2) is 19.5 Å². The van der Waals surface area contributed by atoms with Crippen LogP contribution in [0.5, 0.6) is 0 Å². The van der Waals surface area contributed by atoms with Crippen molar-refractivity contribution in [3.05, 3.63) is 65.7 Å². The van der Waals surface area contributed by atoms with Gasteiger partial charge >= 0.3 is 0 Å². The van der Waals surface area contributed by atoms with Crippen LogP contribution in [0.15, 0.2) is 53.4 Å². The summed E-state index contributed by atoms with van der Waals surface area (Å²) in [5, 5.41) is 8.39. The van der Waals surface area contributed by atoms with Crippen molar-refractivity contribution in [2.45, 2.75) is 4.90 Å². The number of carbonyl (C=O) groups excluding carboxylic acids is 1. The van der Waals surface area contributed by atoms with Crippen LogP contribution in [0.25, 0.3) is 6.08 Å². The van der Waals surface area contributed by atoms with E-state index in [1.807, 2.05) is 0 Å². The van der Waals surface area contributed by atoms with E-state index in [0.717, 1.165) is 24.3 Å². The highest BCUT2D eigenvalue weighted by atomic mass is 32.2. The minimum atomic E-state index is -4.03. The Bertz CT molecular complexity index is 898. The van der Waals surface area contributed by atoms with Gasteiger partial charge in [0.15, 0.2) is 11.6 Å². The van der Waals surface area contributed by atoms with E-state index in [1.54, 1.807) is 0 Å². The molecule has 2 aromatic rings. The fourth-order valence-electron chi connectivity index (χ4n) is 1.77. The Labute approximate surface area is 136 Å². The van der Waals surface area contributed by atoms with E-state index in [1.165, 1.54) is 35.8 Å². The molecule has 0 bridgehead atoms. The summed E-state index contributed by atoms with van der Waals surface area (Å²) >= 11 is 0. The second-order valence-electron chi connectivity index (χ2n) is 4.62. The van der Waals surface area contributed by atoms with E-state index >= 15 is 0 Å². The Morgan fingerprint density at radius 3 is 2.50 bits per heavy atom. The summed E-state index contributed by atoms with van der Waals surface area (Å²) in [4.78, 5) is 10.8. The lowest BCUT2D eigenvalue weighted by molar-refractivity contribution is -0.124. The number of benzene rings is 2. The molecule has 3 N–H and O–H groups in total. The molecule has 2 rings (SSSR count). The lowest BCUT2D eigenvalue weighted by atomic mass is 10.2. The fraction of sp³-hybridized carbons (Fsp3) is 0. The summed E-state index contributed by atoms with van der Waals surface area (Å²) in [5.74, 6) is -3.04. The SMILES string of the molecule is O=C(C=Cc1cccc(S(=O)(=O)Nc2ccc(F)c(F)c2)c1)NO. The average Bonchev–Trinajstić information content (AvgIpc) is 2.56. The summed E-state index contributed by atoms with van der Waals surface area (Å²) in [5.41, 5.74) is 1.65. The number of hydrogen-bond acceptors (Lipinski definition) is 4. The molecule has 0 aliphatic rings. The predicted molar refractivity (Wildman–Crippen MR) is 82.6 cm³/mol. The zero-order valence-corrected chi connectivity index (χ0v) is 12.8. The van der Waals surface area contributed by atoms with Gasteiger partial charge in [0, 0.05) is 12.1 Å². The second-order valence-corrected chi connectivity index (χ2v) is 6.30. The highest BCUT2D eigenvalue weighted by molar-refractivity contribution is 7.92. The maximum absolute atomic E-state index is 13.2. The third-order valence-corrected chi connectivity index (χ3v) is 4.26. The van der Waals surface area contributed by atoms with E-state index in [4.69, 9.17) is 5.21 Å². The largest absolute Gasteiger partial charge is 0.288 e. The number of sulfonamides is 1. The van der Waals surface area contributed by atoms with Crippen LogP contribution in [0, 0.1) is 11.6 Å². The van der Waals surface area contributed by atoms with Crippen molar-refractivity contribution in [1.82, 2.24) is 5.48 Å². The first-order chi connectivity index (χ1) is 11.3. The molecule has 0 aliphatic carbocycles. The lowest BCUT2D eigenvalue weighted by Gasteiger charge is -2.09. The van der Waals surface area contributed by atoms with Gasteiger partial charge in [-0.2, -0.15) is 0 Å². The second kappa shape index (κ2) is 7.20. The van der Waals surface area contributed by atoms with E-state index in [9.17, 15) is 22.0 Å². The molecule has 0 aliphatic heterocycles. The maximum atomic E-state index is 13.2. The first-order valence-corrected chi connectivity index (χ1v) is 8.00. The van der Waals surface area contributed by atoms with Crippen LogP contribution >= 0.6 is 0 Å². The number of halogens is 2. The molecule has 1 amide bonds. The van der Waals surface area contributed by atoms with Crippen molar-refractivity contribution < 1.29 is 27.2 Å². The molecule has 0 saturated carbocycles. The van der Waals surface area contributed by atoms with E-state index in [2.05, 4.69) is 4.72 Å². The highest BCUT2D eigenvalue weighted by Crippen LogP contribution is 2.19. The van der Waals surface area contributed by atoms with Crippen molar-refractivity contribution in [3.8, 4) is 0 Å². The molecule has 0 unspecified atom stereocenters. The zero-order valence-electron chi connectivity index (χ0n) is 12.0. The Morgan fingerprint density at radius 1 is 1.08 bits per heavy atom. The first-order valence-electron chi connectivity index (χ1n) is 6.52. The lowest BCUT2D eigenvalue weighted by Crippen LogP contribution is -2.15. The molecule has 0 saturated heterocycles. The van der Waals surface area contributed by atoms with Gasteiger partial charge in [-0.25, -0.2) is 22.7 Å². The predicted octanol–water partition coefficient (Wildman–Crippen LogP) is 2.28. The molecule has 0 fully saturated rings. The number of rotatable bonds is 5. The average molecular weight is 354 g/mol. The van der Waals surface area contributed by atoms with Gasteiger partial charge in [-0.3, -0.25) is 14.7 Å². The minimum Gasteiger partial charge on any atom is -0.288 e. The topological polar surface area (TPSA) is 95.5 Å². The van der Waals surface area contributed by atoms with Crippen molar-refractivity contribution in [1.29, 1.82) is 0 Å². The highest BCUT2D eigenvalue weighted by Gasteiger charge is 2.15. The smallest absolute Gasteiger partial charge is 0.267 e. The number of amides is 1. The van der Waals surface area contributed by atoms with Crippen LogP contribution in [0.4, 0.5) is 14.5 Å². The van der Waals surface area contributed by atoms with Gasteiger partial charge in [0.1, 0.15) is 0 Å². The van der Waals surface area contributed by atoms with Gasteiger partial charge in [-0.15, -0.1) is 0 Å². The van der Waals surface area contributed by atoms with E-state index < -0.39 is 27.6 Å². The van der Waals surface area contributed by atoms with Crippen molar-refractivity contribution in [2.24, 2.45) is 0 Å². The Hall–Kier alpha value is -2.78. The molecule has 2 aromatic carbocycles. The third-order valence-electron chi connectivity index (χ3n) is 2.88. The van der Waals surface area contributed by atoms with Gasteiger partial charge in [-0.1, -0.05) is 12.1 Å². The molecule has 9 heteroatoms. The molecule has 0 aromatic heterocycles. The number of nitrogens with one attached hydrogen (secondary N) is 2. The van der Waals surface area contributed by atoms with Crippen LogP contribution in [0.1, 0.15) is 5.56 Å². The molecule has 0 radical (unpaired) electrons. The van der Waals surface area contributed by atoms with E-state index in [-0.39, 0.29) is 10.6 Å². The van der Waals surface area contributed by atoms with Crippen molar-refractivity contribution in [2.75, 3.05) is 4.72 Å². The summed E-state index contributed by atoms with van der Waals surface area (Å²) < 4.78 is 52.7. The Kier molecular flexibility index (Phi) is 5.27. The molecular formula is C15H12F2N2O4S. The van der Waals surface area contributed by atoms with Gasteiger partial charge in [0.25, 0.3) is 15.9 Å². The molecule has 126 valence electrons. The number of hydrogen-bond donors (Lipinski definition) is 3. The standard InChI is InChI=1S/C15H12F2N2O4S/c16-13-6-5-11(9-14(13)17)19-24(22,23)12-3-1-2-10(8-12)4-7-15(20)18-21/h1-9,19,21H,(H,18,20). The van der Waals surface area contributed by atoms with Crippen LogP contribution in [-0.2, 0) is 14.8 Å². The third kappa shape index (κ3) is 4.37. The molecule has 0 atom stereocenters. The summed E-state index contributed by atoms with van der Waals surface area (Å²) in [6.07, 6.45) is 2.30. The summed E-state index contributed by atoms with van der Waals surface area (Å²) in [7, 11) is -4.03. The molecule has 24 heavy (non-hydrogen) atoms. The minimum absolute atomic E-state index is 0.130. The van der Waals surface area contributed by atoms with Gasteiger partial charge in [0.05, 0.1) is 10.6 Å². The number of anilines is 1.